The fraction of sp³-hybridized carbons (Fsp3) is 0.167. The molecule has 2 rings (SSSR count). The van der Waals surface area contributed by atoms with Crippen molar-refractivity contribution < 1.29 is 0 Å². The van der Waals surface area contributed by atoms with Crippen LogP contribution < -0.4 is 5.32 Å². The number of nitrogens with zero attached hydrogens (tertiary/aromatic N) is 2. The average molecular weight is 308 g/mol. The van der Waals surface area contributed by atoms with Crippen LogP contribution in [0.25, 0.3) is 0 Å². The number of hydrogen-bond donors (Lipinski definition) is 1. The first-order valence-corrected chi connectivity index (χ1v) is 6.58. The van der Waals surface area contributed by atoms with Gasteiger partial charge in [-0.25, -0.2) is 0 Å². The lowest BCUT2D eigenvalue weighted by atomic mass is 10.2. The molecule has 0 saturated carbocycles. The molecule has 1 aromatic heterocycles. The molecule has 3 nitrogen and oxygen atoms in total. The van der Waals surface area contributed by atoms with Crippen LogP contribution in [0.5, 0.6) is 0 Å². The molecule has 0 amide bonds. The van der Waals surface area contributed by atoms with Gasteiger partial charge in [-0.3, -0.25) is 0 Å². The fourth-order valence-corrected chi connectivity index (χ4v) is 2.45. The summed E-state index contributed by atoms with van der Waals surface area (Å²) < 4.78 is 5.24. The lowest BCUT2D eigenvalue weighted by molar-refractivity contribution is 1.31. The van der Waals surface area contributed by atoms with Crippen LogP contribution in [0.15, 0.2) is 22.7 Å². The van der Waals surface area contributed by atoms with Crippen LogP contribution >= 0.6 is 27.5 Å². The minimum atomic E-state index is 0.621. The Morgan fingerprint density at radius 3 is 2.82 bits per heavy atom. The van der Waals surface area contributed by atoms with E-state index in [4.69, 9.17) is 5.26 Å². The van der Waals surface area contributed by atoms with E-state index in [1.165, 1.54) is 11.5 Å². The van der Waals surface area contributed by atoms with Crippen LogP contribution in [-0.4, -0.2) is 4.37 Å². The SMILES string of the molecule is Cc1cc(Nc2snc(C)c2C#N)ccc1Br. The molecule has 0 saturated heterocycles. The summed E-state index contributed by atoms with van der Waals surface area (Å²) >= 11 is 4.77. The second-order valence-electron chi connectivity index (χ2n) is 3.67. The van der Waals surface area contributed by atoms with Crippen LogP contribution in [0, 0.1) is 25.2 Å². The minimum Gasteiger partial charge on any atom is -0.345 e. The standard InChI is InChI=1S/C12H10BrN3S/c1-7-5-9(3-4-11(7)13)15-12-10(6-14)8(2)16-17-12/h3-5,15H,1-2H3. The minimum absolute atomic E-state index is 0.621. The molecule has 1 heterocycles. The van der Waals surface area contributed by atoms with Crippen LogP contribution in [0.2, 0.25) is 0 Å². The van der Waals surface area contributed by atoms with Crippen molar-refractivity contribution >= 4 is 38.2 Å². The molecule has 0 aliphatic carbocycles. The van der Waals surface area contributed by atoms with Gasteiger partial charge in [0.25, 0.3) is 0 Å². The highest BCUT2D eigenvalue weighted by Crippen LogP contribution is 2.28. The van der Waals surface area contributed by atoms with Crippen molar-refractivity contribution in [2.45, 2.75) is 13.8 Å². The van der Waals surface area contributed by atoms with Crippen LogP contribution in [0.3, 0.4) is 0 Å². The summed E-state index contributed by atoms with van der Waals surface area (Å²) in [7, 11) is 0. The summed E-state index contributed by atoms with van der Waals surface area (Å²) in [5, 5.41) is 13.1. The number of rotatable bonds is 2. The fourth-order valence-electron chi connectivity index (χ4n) is 1.44. The topological polar surface area (TPSA) is 48.7 Å². The monoisotopic (exact) mass is 307 g/mol. The molecule has 1 N–H and O–H groups in total. The molecular weight excluding hydrogens is 298 g/mol. The number of nitriles is 1. The molecule has 17 heavy (non-hydrogen) atoms. The van der Waals surface area contributed by atoms with Gasteiger partial charge in [0.15, 0.2) is 0 Å². The van der Waals surface area contributed by atoms with Gasteiger partial charge in [0.1, 0.15) is 16.6 Å². The first-order chi connectivity index (χ1) is 8.11. The van der Waals surface area contributed by atoms with E-state index in [1.54, 1.807) is 0 Å². The highest BCUT2D eigenvalue weighted by Gasteiger charge is 2.10. The molecule has 2 aromatic rings. The van der Waals surface area contributed by atoms with Gasteiger partial charge in [-0.15, -0.1) is 0 Å². The molecule has 0 aliphatic rings. The third kappa shape index (κ3) is 2.48. The zero-order chi connectivity index (χ0) is 12.4. The van der Waals surface area contributed by atoms with E-state index in [2.05, 4.69) is 31.7 Å². The molecule has 86 valence electrons. The van der Waals surface area contributed by atoms with Gasteiger partial charge in [0.2, 0.25) is 0 Å². The number of anilines is 2. The number of hydrogen-bond acceptors (Lipinski definition) is 4. The largest absolute Gasteiger partial charge is 0.345 e. The summed E-state index contributed by atoms with van der Waals surface area (Å²) in [6.07, 6.45) is 0. The predicted molar refractivity (Wildman–Crippen MR) is 73.7 cm³/mol. The highest BCUT2D eigenvalue weighted by molar-refractivity contribution is 9.10. The summed E-state index contributed by atoms with van der Waals surface area (Å²) in [5.41, 5.74) is 3.50. The normalized spacial score (nSPS) is 10.0. The second-order valence-corrected chi connectivity index (χ2v) is 5.30. The van der Waals surface area contributed by atoms with E-state index < -0.39 is 0 Å². The van der Waals surface area contributed by atoms with Crippen molar-refractivity contribution in [3.63, 3.8) is 0 Å². The molecular formula is C12H10BrN3S. The van der Waals surface area contributed by atoms with Crippen molar-refractivity contribution in [3.05, 3.63) is 39.5 Å². The van der Waals surface area contributed by atoms with Gasteiger partial charge < -0.3 is 5.32 Å². The van der Waals surface area contributed by atoms with Crippen molar-refractivity contribution in [1.82, 2.24) is 4.37 Å². The molecule has 0 fully saturated rings. The second kappa shape index (κ2) is 4.86. The lowest BCUT2D eigenvalue weighted by Crippen LogP contribution is -1.91. The Morgan fingerprint density at radius 2 is 2.18 bits per heavy atom. The zero-order valence-electron chi connectivity index (χ0n) is 9.41. The Morgan fingerprint density at radius 1 is 1.41 bits per heavy atom. The maximum Gasteiger partial charge on any atom is 0.132 e. The molecule has 0 atom stereocenters. The van der Waals surface area contributed by atoms with Crippen molar-refractivity contribution in [2.24, 2.45) is 0 Å². The van der Waals surface area contributed by atoms with E-state index in [0.717, 1.165) is 26.4 Å². The van der Waals surface area contributed by atoms with E-state index in [0.29, 0.717) is 5.56 Å². The Balaban J connectivity index is 2.32. The van der Waals surface area contributed by atoms with Crippen LogP contribution in [0.4, 0.5) is 10.7 Å². The number of aryl methyl sites for hydroxylation is 2. The Kier molecular flexibility index (Phi) is 3.46. The van der Waals surface area contributed by atoms with E-state index >= 15 is 0 Å². The van der Waals surface area contributed by atoms with Crippen LogP contribution in [0.1, 0.15) is 16.8 Å². The quantitative estimate of drug-likeness (QED) is 0.907. The van der Waals surface area contributed by atoms with Gasteiger partial charge in [0, 0.05) is 10.2 Å². The summed E-state index contributed by atoms with van der Waals surface area (Å²) in [6.45, 7) is 3.87. The van der Waals surface area contributed by atoms with Crippen molar-refractivity contribution in [2.75, 3.05) is 5.32 Å². The van der Waals surface area contributed by atoms with E-state index in [1.807, 2.05) is 32.0 Å². The highest BCUT2D eigenvalue weighted by atomic mass is 79.9. The molecule has 0 unspecified atom stereocenters. The third-order valence-electron chi connectivity index (χ3n) is 2.39. The maximum absolute atomic E-state index is 9.03. The third-order valence-corrected chi connectivity index (χ3v) is 4.13. The summed E-state index contributed by atoms with van der Waals surface area (Å²) in [6, 6.07) is 8.14. The Bertz CT molecular complexity index is 598. The van der Waals surface area contributed by atoms with Crippen molar-refractivity contribution in [3.8, 4) is 6.07 Å². The van der Waals surface area contributed by atoms with Gasteiger partial charge >= 0.3 is 0 Å². The van der Waals surface area contributed by atoms with Gasteiger partial charge in [0.05, 0.1) is 5.69 Å². The Labute approximate surface area is 112 Å². The molecule has 0 bridgehead atoms. The number of aromatic nitrogens is 1. The maximum atomic E-state index is 9.03. The Hall–Kier alpha value is -1.38. The molecule has 0 spiro atoms. The number of halogens is 1. The van der Waals surface area contributed by atoms with Gasteiger partial charge in [-0.2, -0.15) is 9.64 Å². The van der Waals surface area contributed by atoms with Gasteiger partial charge in [-0.1, -0.05) is 15.9 Å². The molecule has 0 radical (unpaired) electrons. The smallest absolute Gasteiger partial charge is 0.132 e. The zero-order valence-corrected chi connectivity index (χ0v) is 11.8. The predicted octanol–water partition coefficient (Wildman–Crippen LogP) is 4.14. The lowest BCUT2D eigenvalue weighted by Gasteiger charge is -2.06. The molecule has 1 aromatic carbocycles. The summed E-state index contributed by atoms with van der Waals surface area (Å²) in [5.74, 6) is 0. The van der Waals surface area contributed by atoms with E-state index in [9.17, 15) is 0 Å². The number of nitrogens with one attached hydrogen (secondary N) is 1. The van der Waals surface area contributed by atoms with Crippen LogP contribution in [-0.2, 0) is 0 Å². The van der Waals surface area contributed by atoms with Crippen molar-refractivity contribution in [1.29, 1.82) is 5.26 Å². The first kappa shape index (κ1) is 12.1. The average Bonchev–Trinajstić information content (AvgIpc) is 2.64. The molecule has 0 aliphatic heterocycles. The van der Waals surface area contributed by atoms with E-state index in [-0.39, 0.29) is 0 Å². The van der Waals surface area contributed by atoms with Gasteiger partial charge in [-0.05, 0) is 49.1 Å². The summed E-state index contributed by atoms with van der Waals surface area (Å²) in [4.78, 5) is 0. The first-order valence-electron chi connectivity index (χ1n) is 5.01. The number of benzene rings is 1. The molecule has 5 heteroatoms.